The van der Waals surface area contributed by atoms with Crippen molar-refractivity contribution in [3.05, 3.63) is 63.7 Å². The van der Waals surface area contributed by atoms with E-state index in [2.05, 4.69) is 5.32 Å². The number of ether oxygens (including phenoxy) is 2. The van der Waals surface area contributed by atoms with Crippen LogP contribution in [0.25, 0.3) is 0 Å². The van der Waals surface area contributed by atoms with Gasteiger partial charge in [-0.1, -0.05) is 12.1 Å². The van der Waals surface area contributed by atoms with E-state index in [1.54, 1.807) is 6.07 Å². The second kappa shape index (κ2) is 8.65. The van der Waals surface area contributed by atoms with Crippen molar-refractivity contribution >= 4 is 17.6 Å². The first-order valence-electron chi connectivity index (χ1n) is 7.84. The minimum Gasteiger partial charge on any atom is -0.493 e. The van der Waals surface area contributed by atoms with Gasteiger partial charge in [0, 0.05) is 17.7 Å². The quantitative estimate of drug-likeness (QED) is 0.537. The molecule has 0 heterocycles. The molecule has 0 fully saturated rings. The summed E-state index contributed by atoms with van der Waals surface area (Å²) in [5.74, 6) is -0.919. The molecule has 9 nitrogen and oxygen atoms in total. The summed E-state index contributed by atoms with van der Waals surface area (Å²) >= 11 is 0. The minimum atomic E-state index is -1.15. The maximum Gasteiger partial charge on any atom is 0.305 e. The summed E-state index contributed by atoms with van der Waals surface area (Å²) in [5, 5.41) is 22.7. The standard InChI is InChI=1S/C18H18N2O7/c1-26-15-7-6-12(9-16(15)27-2)18(23)19-14(10-17(21)22)11-4-3-5-13(8-11)20(24)25/h3-9,14H,10H2,1-2H3,(H,19,23)(H,21,22). The van der Waals surface area contributed by atoms with Crippen LogP contribution in [0.15, 0.2) is 42.5 Å². The number of carboxylic acids is 1. The largest absolute Gasteiger partial charge is 0.493 e. The van der Waals surface area contributed by atoms with Crippen molar-refractivity contribution in [2.45, 2.75) is 12.5 Å². The third-order valence-corrected chi connectivity index (χ3v) is 3.81. The fourth-order valence-electron chi connectivity index (χ4n) is 2.50. The zero-order valence-electron chi connectivity index (χ0n) is 14.7. The number of carboxylic acid groups (broad SMARTS) is 1. The predicted molar refractivity (Wildman–Crippen MR) is 95.1 cm³/mol. The molecule has 0 radical (unpaired) electrons. The Bertz CT molecular complexity index is 867. The highest BCUT2D eigenvalue weighted by Gasteiger charge is 2.21. The highest BCUT2D eigenvalue weighted by Crippen LogP contribution is 2.28. The summed E-state index contributed by atoms with van der Waals surface area (Å²) in [6.07, 6.45) is -0.430. The van der Waals surface area contributed by atoms with Gasteiger partial charge in [-0.15, -0.1) is 0 Å². The van der Waals surface area contributed by atoms with Gasteiger partial charge in [0.25, 0.3) is 11.6 Å². The zero-order chi connectivity index (χ0) is 20.0. The second-order valence-corrected chi connectivity index (χ2v) is 5.55. The number of carbonyl (C=O) groups excluding carboxylic acids is 1. The predicted octanol–water partition coefficient (Wildman–Crippen LogP) is 2.56. The molecule has 0 aliphatic rings. The number of rotatable bonds is 8. The van der Waals surface area contributed by atoms with Gasteiger partial charge in [0.15, 0.2) is 11.5 Å². The van der Waals surface area contributed by atoms with Crippen molar-refractivity contribution in [3.63, 3.8) is 0 Å². The van der Waals surface area contributed by atoms with Crippen LogP contribution in [-0.2, 0) is 4.79 Å². The lowest BCUT2D eigenvalue weighted by atomic mass is 10.0. The van der Waals surface area contributed by atoms with Crippen LogP contribution in [0.1, 0.15) is 28.4 Å². The smallest absolute Gasteiger partial charge is 0.305 e. The van der Waals surface area contributed by atoms with Gasteiger partial charge < -0.3 is 19.9 Å². The van der Waals surface area contributed by atoms with Crippen molar-refractivity contribution in [3.8, 4) is 11.5 Å². The first-order valence-corrected chi connectivity index (χ1v) is 7.84. The molecule has 1 amide bonds. The van der Waals surface area contributed by atoms with Crippen LogP contribution in [0.2, 0.25) is 0 Å². The molecule has 0 aromatic heterocycles. The van der Waals surface area contributed by atoms with Gasteiger partial charge >= 0.3 is 5.97 Å². The number of nitro benzene ring substituents is 1. The topological polar surface area (TPSA) is 128 Å². The summed E-state index contributed by atoms with van der Waals surface area (Å²) in [6, 6.07) is 9.05. The van der Waals surface area contributed by atoms with Crippen LogP contribution in [-0.4, -0.2) is 36.1 Å². The van der Waals surface area contributed by atoms with Gasteiger partial charge in [0.2, 0.25) is 0 Å². The molecule has 0 saturated carbocycles. The van der Waals surface area contributed by atoms with Crippen molar-refractivity contribution in [1.82, 2.24) is 5.32 Å². The lowest BCUT2D eigenvalue weighted by molar-refractivity contribution is -0.384. The Balaban J connectivity index is 2.30. The van der Waals surface area contributed by atoms with E-state index in [-0.39, 0.29) is 11.3 Å². The summed E-state index contributed by atoms with van der Waals surface area (Å²) in [4.78, 5) is 34.1. The highest BCUT2D eigenvalue weighted by molar-refractivity contribution is 5.95. The Kier molecular flexibility index (Phi) is 6.32. The first kappa shape index (κ1) is 19.7. The third kappa shape index (κ3) is 4.94. The van der Waals surface area contributed by atoms with E-state index in [9.17, 15) is 19.7 Å². The molecule has 1 unspecified atom stereocenters. The van der Waals surface area contributed by atoms with Crippen LogP contribution in [0.5, 0.6) is 11.5 Å². The number of carbonyl (C=O) groups is 2. The van der Waals surface area contributed by atoms with Crippen LogP contribution in [0, 0.1) is 10.1 Å². The summed E-state index contributed by atoms with van der Waals surface area (Å²) in [5.41, 5.74) is 0.358. The van der Waals surface area contributed by atoms with Crippen LogP contribution >= 0.6 is 0 Å². The van der Waals surface area contributed by atoms with E-state index in [0.717, 1.165) is 0 Å². The maximum absolute atomic E-state index is 12.6. The number of hydrogen-bond acceptors (Lipinski definition) is 6. The van der Waals surface area contributed by atoms with Crippen LogP contribution in [0.3, 0.4) is 0 Å². The molecule has 0 bridgehead atoms. The number of benzene rings is 2. The van der Waals surface area contributed by atoms with Gasteiger partial charge in [0.05, 0.1) is 31.6 Å². The molecular formula is C18H18N2O7. The van der Waals surface area contributed by atoms with E-state index >= 15 is 0 Å². The fourth-order valence-corrected chi connectivity index (χ4v) is 2.50. The van der Waals surface area contributed by atoms with Gasteiger partial charge in [0.1, 0.15) is 0 Å². The SMILES string of the molecule is COc1ccc(C(=O)NC(CC(=O)O)c2cccc([N+](=O)[O-])c2)cc1OC. The van der Waals surface area contributed by atoms with Crippen LogP contribution < -0.4 is 14.8 Å². The monoisotopic (exact) mass is 374 g/mol. The Morgan fingerprint density at radius 3 is 2.44 bits per heavy atom. The number of amides is 1. The van der Waals surface area contributed by atoms with E-state index in [1.165, 1.54) is 50.6 Å². The minimum absolute atomic E-state index is 0.191. The van der Waals surface area contributed by atoms with E-state index in [4.69, 9.17) is 14.6 Å². The Labute approximate surface area is 154 Å². The number of aliphatic carboxylic acids is 1. The molecular weight excluding hydrogens is 356 g/mol. The second-order valence-electron chi connectivity index (χ2n) is 5.55. The number of non-ortho nitro benzene ring substituents is 1. The molecule has 0 spiro atoms. The number of hydrogen-bond donors (Lipinski definition) is 2. The van der Waals surface area contributed by atoms with Gasteiger partial charge in [-0.25, -0.2) is 0 Å². The molecule has 142 valence electrons. The first-order chi connectivity index (χ1) is 12.8. The van der Waals surface area contributed by atoms with Gasteiger partial charge in [-0.2, -0.15) is 0 Å². The molecule has 2 aromatic rings. The summed E-state index contributed by atoms with van der Waals surface area (Å²) in [7, 11) is 2.89. The highest BCUT2D eigenvalue weighted by atomic mass is 16.6. The lowest BCUT2D eigenvalue weighted by Gasteiger charge is -2.18. The molecule has 9 heteroatoms. The maximum atomic E-state index is 12.6. The Morgan fingerprint density at radius 1 is 1.15 bits per heavy atom. The zero-order valence-corrected chi connectivity index (χ0v) is 14.7. The summed E-state index contributed by atoms with van der Waals surface area (Å²) < 4.78 is 10.3. The lowest BCUT2D eigenvalue weighted by Crippen LogP contribution is -2.30. The van der Waals surface area contributed by atoms with Crippen molar-refractivity contribution < 1.29 is 29.1 Å². The Morgan fingerprint density at radius 2 is 1.85 bits per heavy atom. The van der Waals surface area contributed by atoms with Crippen molar-refractivity contribution in [1.29, 1.82) is 0 Å². The normalized spacial score (nSPS) is 11.3. The van der Waals surface area contributed by atoms with Gasteiger partial charge in [-0.3, -0.25) is 19.7 Å². The number of nitrogens with one attached hydrogen (secondary N) is 1. The number of methoxy groups -OCH3 is 2. The van der Waals surface area contributed by atoms with E-state index in [0.29, 0.717) is 17.1 Å². The molecule has 27 heavy (non-hydrogen) atoms. The number of nitrogens with zero attached hydrogens (tertiary/aromatic N) is 1. The molecule has 0 aliphatic heterocycles. The summed E-state index contributed by atoms with van der Waals surface area (Å²) in [6.45, 7) is 0. The Hall–Kier alpha value is -3.62. The van der Waals surface area contributed by atoms with E-state index in [1.807, 2.05) is 0 Å². The van der Waals surface area contributed by atoms with Crippen LogP contribution in [0.4, 0.5) is 5.69 Å². The number of nitro groups is 1. The molecule has 2 aromatic carbocycles. The molecule has 1 atom stereocenters. The fraction of sp³-hybridized carbons (Fsp3) is 0.222. The molecule has 0 saturated heterocycles. The molecule has 2 rings (SSSR count). The van der Waals surface area contributed by atoms with Crippen molar-refractivity contribution in [2.75, 3.05) is 14.2 Å². The molecule has 0 aliphatic carbocycles. The molecule has 2 N–H and O–H groups in total. The average molecular weight is 374 g/mol. The van der Waals surface area contributed by atoms with Gasteiger partial charge in [-0.05, 0) is 23.8 Å². The third-order valence-electron chi connectivity index (χ3n) is 3.81. The van der Waals surface area contributed by atoms with Crippen molar-refractivity contribution in [2.24, 2.45) is 0 Å². The van der Waals surface area contributed by atoms with E-state index < -0.39 is 29.3 Å². The average Bonchev–Trinajstić information content (AvgIpc) is 2.66.